The second kappa shape index (κ2) is 12.3. The Bertz CT molecular complexity index is 1120. The van der Waals surface area contributed by atoms with Gasteiger partial charge in [0.05, 0.1) is 11.4 Å². The van der Waals surface area contributed by atoms with Gasteiger partial charge >= 0.3 is 0 Å². The van der Waals surface area contributed by atoms with Crippen LogP contribution in [0.4, 0.5) is 0 Å². The van der Waals surface area contributed by atoms with Crippen LogP contribution >= 0.6 is 27.5 Å². The minimum atomic E-state index is -3.91. The van der Waals surface area contributed by atoms with E-state index in [2.05, 4.69) is 21.2 Å². The molecule has 0 saturated heterocycles. The van der Waals surface area contributed by atoms with Crippen LogP contribution in [0.1, 0.15) is 44.6 Å². The number of likely N-dealkylation sites (N-methyl/N-ethyl adjacent to an activating group) is 1. The molecule has 1 unspecified atom stereocenters. The summed E-state index contributed by atoms with van der Waals surface area (Å²) in [6.07, 6.45) is 5.19. The van der Waals surface area contributed by atoms with Gasteiger partial charge in [0.15, 0.2) is 0 Å². The highest BCUT2D eigenvalue weighted by Crippen LogP contribution is 2.20. The van der Waals surface area contributed by atoms with Gasteiger partial charge in [-0.2, -0.15) is 4.31 Å². The molecule has 190 valence electrons. The predicted molar refractivity (Wildman–Crippen MR) is 140 cm³/mol. The van der Waals surface area contributed by atoms with Gasteiger partial charge in [-0.1, -0.05) is 58.9 Å². The van der Waals surface area contributed by atoms with Crippen molar-refractivity contribution in [2.45, 2.75) is 62.6 Å². The lowest BCUT2D eigenvalue weighted by atomic mass is 9.95. The molecule has 2 aromatic rings. The molecule has 2 amide bonds. The van der Waals surface area contributed by atoms with Gasteiger partial charge < -0.3 is 10.2 Å². The minimum absolute atomic E-state index is 0.0414. The van der Waals surface area contributed by atoms with Crippen LogP contribution in [0.2, 0.25) is 5.02 Å². The van der Waals surface area contributed by atoms with Crippen LogP contribution in [0.25, 0.3) is 0 Å². The molecule has 0 heterocycles. The lowest BCUT2D eigenvalue weighted by Gasteiger charge is -2.32. The SMILES string of the molecule is CC(C(=O)NC1CCCCC1)N(Cc1ccc(Br)cc1)C(=O)CN(C)S(=O)(=O)c1ccc(Cl)cc1. The van der Waals surface area contributed by atoms with Gasteiger partial charge in [-0.25, -0.2) is 8.42 Å². The molecular weight excluding hydrogens is 554 g/mol. The summed E-state index contributed by atoms with van der Waals surface area (Å²) in [6.45, 7) is 1.46. The molecular formula is C25H31BrClN3O4S. The lowest BCUT2D eigenvalue weighted by molar-refractivity contribution is -0.141. The smallest absolute Gasteiger partial charge is 0.243 e. The normalized spacial score (nSPS) is 15.6. The Morgan fingerprint density at radius 1 is 1.06 bits per heavy atom. The largest absolute Gasteiger partial charge is 0.352 e. The second-order valence-corrected chi connectivity index (χ2v) is 12.3. The lowest BCUT2D eigenvalue weighted by Crippen LogP contribution is -2.52. The number of rotatable bonds is 9. The van der Waals surface area contributed by atoms with Crippen LogP contribution in [0, 0.1) is 0 Å². The average molecular weight is 585 g/mol. The predicted octanol–water partition coefficient (Wildman–Crippen LogP) is 4.59. The van der Waals surface area contributed by atoms with E-state index in [0.29, 0.717) is 5.02 Å². The van der Waals surface area contributed by atoms with Crippen LogP contribution in [-0.2, 0) is 26.2 Å². The first kappa shape index (κ1) is 27.6. The zero-order valence-electron chi connectivity index (χ0n) is 19.9. The van der Waals surface area contributed by atoms with E-state index in [9.17, 15) is 18.0 Å². The van der Waals surface area contributed by atoms with Crippen LogP contribution in [0.15, 0.2) is 57.9 Å². The van der Waals surface area contributed by atoms with Crippen molar-refractivity contribution in [2.75, 3.05) is 13.6 Å². The first-order valence-electron chi connectivity index (χ1n) is 11.6. The summed E-state index contributed by atoms with van der Waals surface area (Å²) >= 11 is 9.28. The van der Waals surface area contributed by atoms with Gasteiger partial charge in [-0.15, -0.1) is 0 Å². The van der Waals surface area contributed by atoms with E-state index in [4.69, 9.17) is 11.6 Å². The molecule has 0 spiro atoms. The summed E-state index contributed by atoms with van der Waals surface area (Å²) in [6, 6.07) is 12.6. The number of carbonyl (C=O) groups excluding carboxylic acids is 2. The van der Waals surface area contributed by atoms with E-state index in [1.54, 1.807) is 6.92 Å². The number of amides is 2. The number of hydrogen-bond donors (Lipinski definition) is 1. The Balaban J connectivity index is 1.78. The summed E-state index contributed by atoms with van der Waals surface area (Å²) in [5.41, 5.74) is 0.835. The molecule has 0 aromatic heterocycles. The number of hydrogen-bond acceptors (Lipinski definition) is 4. The van der Waals surface area contributed by atoms with E-state index < -0.39 is 28.5 Å². The summed E-state index contributed by atoms with van der Waals surface area (Å²) in [5.74, 6) is -0.690. The molecule has 3 rings (SSSR count). The first-order chi connectivity index (χ1) is 16.6. The Morgan fingerprint density at radius 2 is 1.66 bits per heavy atom. The third-order valence-electron chi connectivity index (χ3n) is 6.26. The Labute approximate surface area is 221 Å². The van der Waals surface area contributed by atoms with Gasteiger partial charge in [0.1, 0.15) is 6.04 Å². The van der Waals surface area contributed by atoms with Crippen molar-refractivity contribution in [3.8, 4) is 0 Å². The summed E-state index contributed by atoms with van der Waals surface area (Å²) in [5, 5.41) is 3.50. The fraction of sp³-hybridized carbons (Fsp3) is 0.440. The molecule has 0 bridgehead atoms. The third kappa shape index (κ3) is 7.52. The van der Waals surface area contributed by atoms with Crippen LogP contribution in [0.5, 0.6) is 0 Å². The maximum Gasteiger partial charge on any atom is 0.243 e. The number of carbonyl (C=O) groups is 2. The molecule has 35 heavy (non-hydrogen) atoms. The number of sulfonamides is 1. The van der Waals surface area contributed by atoms with Gasteiger partial charge in [-0.05, 0) is 61.7 Å². The second-order valence-electron chi connectivity index (χ2n) is 8.88. The van der Waals surface area contributed by atoms with Crippen LogP contribution in [0.3, 0.4) is 0 Å². The van der Waals surface area contributed by atoms with E-state index in [1.165, 1.54) is 42.6 Å². The monoisotopic (exact) mass is 583 g/mol. The highest BCUT2D eigenvalue weighted by molar-refractivity contribution is 9.10. The number of benzene rings is 2. The number of nitrogens with zero attached hydrogens (tertiary/aromatic N) is 2. The van der Waals surface area contributed by atoms with Crippen molar-refractivity contribution in [1.29, 1.82) is 0 Å². The van der Waals surface area contributed by atoms with Crippen molar-refractivity contribution in [3.05, 3.63) is 63.6 Å². The van der Waals surface area contributed by atoms with Crippen molar-refractivity contribution >= 4 is 49.4 Å². The molecule has 0 aliphatic heterocycles. The maximum absolute atomic E-state index is 13.4. The molecule has 1 saturated carbocycles. The average Bonchev–Trinajstić information content (AvgIpc) is 2.84. The van der Waals surface area contributed by atoms with Gasteiger partial charge in [0.2, 0.25) is 21.8 Å². The van der Waals surface area contributed by atoms with Gasteiger partial charge in [0.25, 0.3) is 0 Å². The van der Waals surface area contributed by atoms with Gasteiger partial charge in [-0.3, -0.25) is 9.59 Å². The molecule has 1 N–H and O–H groups in total. The molecule has 0 radical (unpaired) electrons. The topological polar surface area (TPSA) is 86.8 Å². The molecule has 1 aliphatic carbocycles. The van der Waals surface area contributed by atoms with E-state index >= 15 is 0 Å². The molecule has 1 fully saturated rings. The van der Waals surface area contributed by atoms with Crippen LogP contribution < -0.4 is 5.32 Å². The minimum Gasteiger partial charge on any atom is -0.352 e. The fourth-order valence-electron chi connectivity index (χ4n) is 4.09. The molecule has 1 aliphatic rings. The number of nitrogens with one attached hydrogen (secondary N) is 1. The summed E-state index contributed by atoms with van der Waals surface area (Å²) < 4.78 is 27.9. The third-order valence-corrected chi connectivity index (χ3v) is 8.86. The maximum atomic E-state index is 13.4. The summed E-state index contributed by atoms with van der Waals surface area (Å²) in [4.78, 5) is 28.0. The zero-order valence-corrected chi connectivity index (χ0v) is 23.1. The highest BCUT2D eigenvalue weighted by Gasteiger charge is 2.31. The first-order valence-corrected chi connectivity index (χ1v) is 14.2. The zero-order chi connectivity index (χ0) is 25.6. The highest BCUT2D eigenvalue weighted by atomic mass is 79.9. The van der Waals surface area contributed by atoms with Crippen molar-refractivity contribution in [2.24, 2.45) is 0 Å². The standard InChI is InChI=1S/C25H31BrClN3O4S/c1-18(25(32)28-22-6-4-3-5-7-22)30(16-19-8-10-20(26)11-9-19)24(31)17-29(2)35(33,34)23-14-12-21(27)13-15-23/h8-15,18,22H,3-7,16-17H2,1-2H3,(H,28,32). The molecule has 7 nitrogen and oxygen atoms in total. The van der Waals surface area contributed by atoms with E-state index in [1.807, 2.05) is 24.3 Å². The molecule has 10 heteroatoms. The Hall–Kier alpha value is -1.94. The quantitative estimate of drug-likeness (QED) is 0.467. The number of halogens is 2. The van der Waals surface area contributed by atoms with Crippen molar-refractivity contribution in [3.63, 3.8) is 0 Å². The molecule has 2 aromatic carbocycles. The van der Waals surface area contributed by atoms with Gasteiger partial charge in [0, 0.05) is 29.1 Å². The summed E-state index contributed by atoms with van der Waals surface area (Å²) in [7, 11) is -2.56. The molecule has 1 atom stereocenters. The van der Waals surface area contributed by atoms with Crippen molar-refractivity contribution in [1.82, 2.24) is 14.5 Å². The van der Waals surface area contributed by atoms with E-state index in [-0.39, 0.29) is 23.4 Å². The Morgan fingerprint density at radius 3 is 2.26 bits per heavy atom. The van der Waals surface area contributed by atoms with Crippen molar-refractivity contribution < 1.29 is 18.0 Å². The van der Waals surface area contributed by atoms with Crippen LogP contribution in [-0.4, -0.2) is 55.1 Å². The van der Waals surface area contributed by atoms with E-state index in [0.717, 1.165) is 40.0 Å². The Kier molecular flexibility index (Phi) is 9.75. The fourth-order valence-corrected chi connectivity index (χ4v) is 5.60.